The predicted octanol–water partition coefficient (Wildman–Crippen LogP) is 4.66. The summed E-state index contributed by atoms with van der Waals surface area (Å²) in [6.45, 7) is 5.98. The zero-order chi connectivity index (χ0) is 20.4. The average Bonchev–Trinajstić information content (AvgIpc) is 3.15. The lowest BCUT2D eigenvalue weighted by molar-refractivity contribution is 0.440. The van der Waals surface area contributed by atoms with E-state index in [9.17, 15) is 5.11 Å². The molecule has 0 spiro atoms. The molecule has 0 aliphatic rings. The SMILES string of the molecule is Cc1nnc(-c2ccnc(Oc3ccc(C(C)(C)c4ccc(O)cc4)cc3)n2)o1. The Hall–Kier alpha value is -3.74. The molecule has 0 aliphatic carbocycles. The normalized spacial score (nSPS) is 11.4. The molecule has 0 bridgehead atoms. The molecule has 146 valence electrons. The second kappa shape index (κ2) is 7.35. The molecule has 7 heteroatoms. The summed E-state index contributed by atoms with van der Waals surface area (Å²) in [5.74, 6) is 1.66. The van der Waals surface area contributed by atoms with Gasteiger partial charge in [-0.25, -0.2) is 4.98 Å². The van der Waals surface area contributed by atoms with E-state index in [1.54, 1.807) is 31.3 Å². The number of nitrogens with zero attached hydrogens (tertiary/aromatic N) is 4. The zero-order valence-corrected chi connectivity index (χ0v) is 16.3. The van der Waals surface area contributed by atoms with Gasteiger partial charge in [0, 0.05) is 18.5 Å². The highest BCUT2D eigenvalue weighted by Gasteiger charge is 2.23. The summed E-state index contributed by atoms with van der Waals surface area (Å²) in [6.07, 6.45) is 1.58. The predicted molar refractivity (Wildman–Crippen MR) is 107 cm³/mol. The highest BCUT2D eigenvalue weighted by Crippen LogP contribution is 2.33. The Morgan fingerprint density at radius 3 is 2.17 bits per heavy atom. The van der Waals surface area contributed by atoms with Crippen LogP contribution in [-0.4, -0.2) is 25.3 Å². The quantitative estimate of drug-likeness (QED) is 0.531. The van der Waals surface area contributed by atoms with Crippen LogP contribution >= 0.6 is 0 Å². The molecule has 4 aromatic rings. The van der Waals surface area contributed by atoms with Gasteiger partial charge in [0.25, 0.3) is 5.89 Å². The van der Waals surface area contributed by atoms with Crippen molar-refractivity contribution in [3.8, 4) is 29.1 Å². The Morgan fingerprint density at radius 1 is 0.897 bits per heavy atom. The van der Waals surface area contributed by atoms with Crippen LogP contribution in [-0.2, 0) is 5.41 Å². The van der Waals surface area contributed by atoms with Gasteiger partial charge in [-0.3, -0.25) is 0 Å². The van der Waals surface area contributed by atoms with E-state index in [4.69, 9.17) is 9.15 Å². The molecule has 0 saturated carbocycles. The summed E-state index contributed by atoms with van der Waals surface area (Å²) in [6, 6.07) is 16.9. The summed E-state index contributed by atoms with van der Waals surface area (Å²) >= 11 is 0. The number of hydrogen-bond donors (Lipinski definition) is 1. The largest absolute Gasteiger partial charge is 0.508 e. The van der Waals surface area contributed by atoms with E-state index >= 15 is 0 Å². The number of benzene rings is 2. The maximum Gasteiger partial charge on any atom is 0.322 e. The molecule has 0 fully saturated rings. The van der Waals surface area contributed by atoms with Crippen LogP contribution < -0.4 is 4.74 Å². The fourth-order valence-electron chi connectivity index (χ4n) is 3.00. The molecule has 1 N–H and O–H groups in total. The van der Waals surface area contributed by atoms with Gasteiger partial charge in [-0.1, -0.05) is 38.1 Å². The maximum atomic E-state index is 9.52. The van der Waals surface area contributed by atoms with Crippen LogP contribution in [0.2, 0.25) is 0 Å². The van der Waals surface area contributed by atoms with Gasteiger partial charge in [0.15, 0.2) is 0 Å². The average molecular weight is 388 g/mol. The Bertz CT molecular complexity index is 1120. The third-order valence-corrected chi connectivity index (χ3v) is 4.75. The van der Waals surface area contributed by atoms with E-state index in [0.29, 0.717) is 23.2 Å². The van der Waals surface area contributed by atoms with Gasteiger partial charge in [0.05, 0.1) is 0 Å². The van der Waals surface area contributed by atoms with Crippen molar-refractivity contribution in [3.05, 3.63) is 77.8 Å². The minimum atomic E-state index is -0.224. The van der Waals surface area contributed by atoms with Crippen LogP contribution in [0.1, 0.15) is 30.9 Å². The van der Waals surface area contributed by atoms with Crippen LogP contribution in [0.15, 0.2) is 65.2 Å². The van der Waals surface area contributed by atoms with Gasteiger partial charge in [0.1, 0.15) is 17.2 Å². The van der Waals surface area contributed by atoms with Gasteiger partial charge in [0.2, 0.25) is 5.89 Å². The lowest BCUT2D eigenvalue weighted by atomic mass is 9.78. The fraction of sp³-hybridized carbons (Fsp3) is 0.182. The summed E-state index contributed by atoms with van der Waals surface area (Å²) in [7, 11) is 0. The van der Waals surface area contributed by atoms with Crippen LogP contribution in [0.3, 0.4) is 0 Å². The molecule has 2 aromatic carbocycles. The van der Waals surface area contributed by atoms with Crippen molar-refractivity contribution in [3.63, 3.8) is 0 Å². The molecule has 0 amide bonds. The van der Waals surface area contributed by atoms with Crippen LogP contribution in [0, 0.1) is 6.92 Å². The molecule has 0 aliphatic heterocycles. The molecule has 0 atom stereocenters. The van der Waals surface area contributed by atoms with Crippen molar-refractivity contribution >= 4 is 0 Å². The van der Waals surface area contributed by atoms with Crippen molar-refractivity contribution in [2.75, 3.05) is 0 Å². The van der Waals surface area contributed by atoms with Gasteiger partial charge in [-0.2, -0.15) is 4.98 Å². The Morgan fingerprint density at radius 2 is 1.55 bits per heavy atom. The molecule has 0 saturated heterocycles. The minimum absolute atomic E-state index is 0.198. The number of phenolic OH excluding ortho intramolecular Hbond substituents is 1. The summed E-state index contributed by atoms with van der Waals surface area (Å²) in [4.78, 5) is 8.47. The number of hydrogen-bond acceptors (Lipinski definition) is 7. The smallest absolute Gasteiger partial charge is 0.322 e. The topological polar surface area (TPSA) is 94.2 Å². The Labute approximate surface area is 168 Å². The molecule has 2 heterocycles. The molecule has 0 radical (unpaired) electrons. The van der Waals surface area contributed by atoms with E-state index in [2.05, 4.69) is 34.0 Å². The van der Waals surface area contributed by atoms with Crippen molar-refractivity contribution in [1.82, 2.24) is 20.2 Å². The first kappa shape index (κ1) is 18.6. The van der Waals surface area contributed by atoms with Crippen molar-refractivity contribution in [1.29, 1.82) is 0 Å². The standard InChI is InChI=1S/C22H20N4O3/c1-14-25-26-20(28-14)19-12-13-23-21(24-19)29-18-10-6-16(7-11-18)22(2,3)15-4-8-17(27)9-5-15/h4-13,27H,1-3H3. The van der Waals surface area contributed by atoms with Gasteiger partial charge >= 0.3 is 6.01 Å². The third kappa shape index (κ3) is 3.94. The molecule has 4 rings (SSSR count). The van der Waals surface area contributed by atoms with Gasteiger partial charge in [-0.05, 0) is 41.5 Å². The Balaban J connectivity index is 1.53. The van der Waals surface area contributed by atoms with Crippen molar-refractivity contribution in [2.24, 2.45) is 0 Å². The van der Waals surface area contributed by atoms with Crippen LogP contribution in [0.4, 0.5) is 0 Å². The summed E-state index contributed by atoms with van der Waals surface area (Å²) < 4.78 is 11.2. The number of aromatic nitrogens is 4. The highest BCUT2D eigenvalue weighted by molar-refractivity contribution is 5.46. The molecular weight excluding hydrogens is 368 g/mol. The van der Waals surface area contributed by atoms with E-state index in [0.717, 1.165) is 11.1 Å². The first-order valence-electron chi connectivity index (χ1n) is 9.13. The molecular formula is C22H20N4O3. The first-order valence-corrected chi connectivity index (χ1v) is 9.13. The zero-order valence-electron chi connectivity index (χ0n) is 16.3. The van der Waals surface area contributed by atoms with Crippen LogP contribution in [0.5, 0.6) is 17.5 Å². The number of phenols is 1. The van der Waals surface area contributed by atoms with Crippen molar-refractivity contribution < 1.29 is 14.3 Å². The van der Waals surface area contributed by atoms with E-state index in [1.165, 1.54) is 0 Å². The van der Waals surface area contributed by atoms with Gasteiger partial charge in [-0.15, -0.1) is 10.2 Å². The molecule has 29 heavy (non-hydrogen) atoms. The molecule has 2 aromatic heterocycles. The van der Waals surface area contributed by atoms with Crippen LogP contribution in [0.25, 0.3) is 11.6 Å². The molecule has 7 nitrogen and oxygen atoms in total. The van der Waals surface area contributed by atoms with Crippen molar-refractivity contribution in [2.45, 2.75) is 26.2 Å². The Kier molecular flexibility index (Phi) is 4.72. The van der Waals surface area contributed by atoms with E-state index in [1.807, 2.05) is 36.4 Å². The van der Waals surface area contributed by atoms with E-state index < -0.39 is 0 Å². The lowest BCUT2D eigenvalue weighted by Crippen LogP contribution is -2.18. The summed E-state index contributed by atoms with van der Waals surface area (Å²) in [5, 5.41) is 17.3. The fourth-order valence-corrected chi connectivity index (χ4v) is 3.00. The highest BCUT2D eigenvalue weighted by atomic mass is 16.5. The molecule has 0 unspecified atom stereocenters. The maximum absolute atomic E-state index is 9.52. The number of aryl methyl sites for hydroxylation is 1. The minimum Gasteiger partial charge on any atom is -0.508 e. The lowest BCUT2D eigenvalue weighted by Gasteiger charge is -2.26. The number of aromatic hydroxyl groups is 1. The van der Waals surface area contributed by atoms with E-state index in [-0.39, 0.29) is 17.2 Å². The second-order valence-corrected chi connectivity index (χ2v) is 7.15. The second-order valence-electron chi connectivity index (χ2n) is 7.15. The number of ether oxygens (including phenoxy) is 1. The first-order chi connectivity index (χ1) is 13.9. The third-order valence-electron chi connectivity index (χ3n) is 4.75. The summed E-state index contributed by atoms with van der Waals surface area (Å²) in [5.41, 5.74) is 2.50. The van der Waals surface area contributed by atoms with Gasteiger partial charge < -0.3 is 14.3 Å². The monoisotopic (exact) mass is 388 g/mol. The number of rotatable bonds is 5.